The molecule has 0 radical (unpaired) electrons. The normalized spacial score (nSPS) is 31.9. The highest BCUT2D eigenvalue weighted by atomic mass is 79.9. The highest BCUT2D eigenvalue weighted by Gasteiger charge is 2.54. The fourth-order valence-electron chi connectivity index (χ4n) is 3.49. The Kier molecular flexibility index (Phi) is 3.18. The molecular formula is C14H15BrF2O. The Morgan fingerprint density at radius 2 is 1.72 bits per heavy atom. The summed E-state index contributed by atoms with van der Waals surface area (Å²) >= 11 is 2.95. The number of rotatable bonds is 2. The van der Waals surface area contributed by atoms with Gasteiger partial charge in [0.05, 0.1) is 10.6 Å². The largest absolute Gasteiger partial charge is 0.388 e. The molecule has 2 aliphatic carbocycles. The van der Waals surface area contributed by atoms with E-state index in [2.05, 4.69) is 15.9 Å². The lowest BCUT2D eigenvalue weighted by Crippen LogP contribution is -2.06. The molecule has 18 heavy (non-hydrogen) atoms. The van der Waals surface area contributed by atoms with Gasteiger partial charge in [-0.15, -0.1) is 0 Å². The van der Waals surface area contributed by atoms with Crippen molar-refractivity contribution in [2.75, 3.05) is 0 Å². The molecule has 2 fully saturated rings. The first-order chi connectivity index (χ1) is 8.59. The van der Waals surface area contributed by atoms with Crippen LogP contribution in [0.4, 0.5) is 8.78 Å². The minimum absolute atomic E-state index is 0.101. The van der Waals surface area contributed by atoms with Crippen LogP contribution in [0.5, 0.6) is 0 Å². The van der Waals surface area contributed by atoms with E-state index < -0.39 is 17.7 Å². The molecule has 2 aliphatic rings. The highest BCUT2D eigenvalue weighted by molar-refractivity contribution is 9.10. The van der Waals surface area contributed by atoms with E-state index in [1.54, 1.807) is 0 Å². The summed E-state index contributed by atoms with van der Waals surface area (Å²) in [6.45, 7) is 0. The first kappa shape index (κ1) is 12.5. The van der Waals surface area contributed by atoms with Crippen molar-refractivity contribution >= 4 is 15.9 Å². The molecular weight excluding hydrogens is 302 g/mol. The second kappa shape index (κ2) is 4.57. The number of hydrogen-bond donors (Lipinski definition) is 1. The van der Waals surface area contributed by atoms with Crippen molar-refractivity contribution in [1.29, 1.82) is 0 Å². The standard InChI is InChI=1S/C14H15BrF2O/c15-10-6-11(16)9(5-12(10)17)14(18)13-7-3-1-2-4-8(7)13/h5-8,13-14,18H,1-4H2. The van der Waals surface area contributed by atoms with Gasteiger partial charge in [-0.2, -0.15) is 0 Å². The van der Waals surface area contributed by atoms with Crippen LogP contribution in [0, 0.1) is 29.4 Å². The first-order valence-electron chi connectivity index (χ1n) is 6.42. The quantitative estimate of drug-likeness (QED) is 0.811. The molecule has 2 saturated carbocycles. The molecule has 1 nitrogen and oxygen atoms in total. The summed E-state index contributed by atoms with van der Waals surface area (Å²) in [5.41, 5.74) is 0.107. The number of halogens is 3. The van der Waals surface area contributed by atoms with Crippen molar-refractivity contribution < 1.29 is 13.9 Å². The Labute approximate surface area is 113 Å². The van der Waals surface area contributed by atoms with E-state index in [-0.39, 0.29) is 16.0 Å². The molecule has 98 valence electrons. The molecule has 0 amide bonds. The van der Waals surface area contributed by atoms with Crippen molar-refractivity contribution in [2.24, 2.45) is 17.8 Å². The summed E-state index contributed by atoms with van der Waals surface area (Å²) in [5, 5.41) is 10.3. The van der Waals surface area contributed by atoms with Crippen LogP contribution in [0.3, 0.4) is 0 Å². The van der Waals surface area contributed by atoms with Crippen molar-refractivity contribution in [3.05, 3.63) is 33.8 Å². The predicted molar refractivity (Wildman–Crippen MR) is 68.0 cm³/mol. The Balaban J connectivity index is 1.85. The second-order valence-corrected chi connectivity index (χ2v) is 6.28. The number of hydrogen-bond acceptors (Lipinski definition) is 1. The van der Waals surface area contributed by atoms with Gasteiger partial charge in [-0.3, -0.25) is 0 Å². The molecule has 0 aliphatic heterocycles. The van der Waals surface area contributed by atoms with E-state index in [4.69, 9.17) is 0 Å². The van der Waals surface area contributed by atoms with E-state index in [0.717, 1.165) is 25.0 Å². The molecule has 1 aromatic carbocycles. The Morgan fingerprint density at radius 3 is 2.33 bits per heavy atom. The lowest BCUT2D eigenvalue weighted by Gasteiger charge is -2.12. The Hall–Kier alpha value is -0.480. The molecule has 0 saturated heterocycles. The maximum Gasteiger partial charge on any atom is 0.137 e. The van der Waals surface area contributed by atoms with Gasteiger partial charge in [0.15, 0.2) is 0 Å². The molecule has 1 aromatic rings. The zero-order chi connectivity index (χ0) is 12.9. The summed E-state index contributed by atoms with van der Waals surface area (Å²) in [5.74, 6) is 0.107. The summed E-state index contributed by atoms with van der Waals surface area (Å²) in [7, 11) is 0. The summed E-state index contributed by atoms with van der Waals surface area (Å²) < 4.78 is 27.3. The second-order valence-electron chi connectivity index (χ2n) is 5.42. The average molecular weight is 317 g/mol. The topological polar surface area (TPSA) is 20.2 Å². The molecule has 3 unspecified atom stereocenters. The smallest absolute Gasteiger partial charge is 0.137 e. The van der Waals surface area contributed by atoms with Crippen LogP contribution >= 0.6 is 15.9 Å². The third-order valence-electron chi connectivity index (χ3n) is 4.45. The third-order valence-corrected chi connectivity index (χ3v) is 5.05. The van der Waals surface area contributed by atoms with Crippen LogP contribution < -0.4 is 0 Å². The number of fused-ring (bicyclic) bond motifs is 1. The summed E-state index contributed by atoms with van der Waals surface area (Å²) in [6, 6.07) is 2.22. The van der Waals surface area contributed by atoms with Crippen molar-refractivity contribution in [2.45, 2.75) is 31.8 Å². The monoisotopic (exact) mass is 316 g/mol. The van der Waals surface area contributed by atoms with Crippen LogP contribution in [-0.2, 0) is 0 Å². The predicted octanol–water partition coefficient (Wildman–Crippen LogP) is 4.20. The molecule has 0 bridgehead atoms. The summed E-state index contributed by atoms with van der Waals surface area (Å²) in [4.78, 5) is 0. The van der Waals surface area contributed by atoms with Gasteiger partial charge in [0.2, 0.25) is 0 Å². The fourth-order valence-corrected chi connectivity index (χ4v) is 3.80. The van der Waals surface area contributed by atoms with E-state index in [0.29, 0.717) is 11.8 Å². The van der Waals surface area contributed by atoms with Crippen LogP contribution in [0.25, 0.3) is 0 Å². The van der Waals surface area contributed by atoms with Crippen molar-refractivity contribution in [1.82, 2.24) is 0 Å². The van der Waals surface area contributed by atoms with Gasteiger partial charge in [0, 0.05) is 5.56 Å². The van der Waals surface area contributed by atoms with E-state index in [1.807, 2.05) is 0 Å². The van der Waals surface area contributed by atoms with E-state index >= 15 is 0 Å². The molecule has 0 aromatic heterocycles. The van der Waals surface area contributed by atoms with Gasteiger partial charge in [-0.05, 0) is 58.7 Å². The zero-order valence-corrected chi connectivity index (χ0v) is 11.5. The van der Waals surface area contributed by atoms with E-state index in [9.17, 15) is 13.9 Å². The molecule has 0 spiro atoms. The Bertz CT molecular complexity index is 465. The third kappa shape index (κ3) is 1.99. The Morgan fingerprint density at radius 1 is 1.11 bits per heavy atom. The number of benzene rings is 1. The number of aliphatic hydroxyl groups is 1. The van der Waals surface area contributed by atoms with Gasteiger partial charge >= 0.3 is 0 Å². The lowest BCUT2D eigenvalue weighted by molar-refractivity contribution is 0.137. The van der Waals surface area contributed by atoms with Gasteiger partial charge in [-0.1, -0.05) is 12.8 Å². The van der Waals surface area contributed by atoms with Gasteiger partial charge in [-0.25, -0.2) is 8.78 Å². The van der Waals surface area contributed by atoms with Crippen LogP contribution in [0.2, 0.25) is 0 Å². The maximum absolute atomic E-state index is 13.8. The fraction of sp³-hybridized carbons (Fsp3) is 0.571. The minimum atomic E-state index is -0.860. The minimum Gasteiger partial charge on any atom is -0.388 e. The molecule has 0 heterocycles. The summed E-state index contributed by atoms with van der Waals surface area (Å²) in [6.07, 6.45) is 3.77. The van der Waals surface area contributed by atoms with Crippen LogP contribution in [0.15, 0.2) is 16.6 Å². The van der Waals surface area contributed by atoms with E-state index in [1.165, 1.54) is 12.8 Å². The van der Waals surface area contributed by atoms with Crippen molar-refractivity contribution in [3.63, 3.8) is 0 Å². The zero-order valence-electron chi connectivity index (χ0n) is 9.87. The van der Waals surface area contributed by atoms with Crippen LogP contribution in [0.1, 0.15) is 37.4 Å². The lowest BCUT2D eigenvalue weighted by atomic mass is 10.0. The molecule has 3 rings (SSSR count). The SMILES string of the molecule is OC(c1cc(F)c(Br)cc1F)C1C2CCCCC21. The number of aliphatic hydroxyl groups excluding tert-OH is 1. The van der Waals surface area contributed by atoms with Gasteiger partial charge < -0.3 is 5.11 Å². The molecule has 3 atom stereocenters. The van der Waals surface area contributed by atoms with Crippen LogP contribution in [-0.4, -0.2) is 5.11 Å². The average Bonchev–Trinajstić information content (AvgIpc) is 3.07. The van der Waals surface area contributed by atoms with Gasteiger partial charge in [0.25, 0.3) is 0 Å². The van der Waals surface area contributed by atoms with Gasteiger partial charge in [0.1, 0.15) is 11.6 Å². The highest BCUT2D eigenvalue weighted by Crippen LogP contribution is 2.60. The first-order valence-corrected chi connectivity index (χ1v) is 7.21. The molecule has 1 N–H and O–H groups in total. The van der Waals surface area contributed by atoms with Crippen molar-refractivity contribution in [3.8, 4) is 0 Å². The maximum atomic E-state index is 13.8. The molecule has 4 heteroatoms.